The van der Waals surface area contributed by atoms with Crippen molar-refractivity contribution in [1.29, 1.82) is 0 Å². The van der Waals surface area contributed by atoms with Gasteiger partial charge in [0.2, 0.25) is 5.91 Å². The third-order valence-corrected chi connectivity index (χ3v) is 4.10. The van der Waals surface area contributed by atoms with Crippen LogP contribution in [0.5, 0.6) is 5.75 Å². The molecule has 126 valence electrons. The zero-order valence-electron chi connectivity index (χ0n) is 13.8. The highest BCUT2D eigenvalue weighted by molar-refractivity contribution is 6.03. The molecule has 6 heteroatoms. The summed E-state index contributed by atoms with van der Waals surface area (Å²) in [6.45, 7) is 5.02. The molecule has 1 aromatic heterocycles. The minimum Gasteiger partial charge on any atom is -0.492 e. The Balaban J connectivity index is 1.82. The van der Waals surface area contributed by atoms with E-state index in [0.29, 0.717) is 25.4 Å². The third kappa shape index (κ3) is 2.87. The van der Waals surface area contributed by atoms with Gasteiger partial charge in [0.05, 0.1) is 18.6 Å². The van der Waals surface area contributed by atoms with E-state index in [9.17, 15) is 9.59 Å². The fraction of sp³-hybridized carbons (Fsp3) is 0.333. The van der Waals surface area contributed by atoms with Crippen molar-refractivity contribution in [2.24, 2.45) is 0 Å². The minimum atomic E-state index is -0.564. The van der Waals surface area contributed by atoms with Gasteiger partial charge < -0.3 is 19.0 Å². The van der Waals surface area contributed by atoms with Gasteiger partial charge in [-0.25, -0.2) is 0 Å². The summed E-state index contributed by atoms with van der Waals surface area (Å²) in [4.78, 5) is 28.5. The first-order chi connectivity index (χ1) is 11.6. The molecule has 24 heavy (non-hydrogen) atoms. The van der Waals surface area contributed by atoms with Crippen molar-refractivity contribution in [3.05, 3.63) is 48.4 Å². The molecule has 6 nitrogen and oxygen atoms in total. The standard InChI is InChI=1S/C18H20N2O4/c1-3-23-15-8-5-4-7-14(15)20-11-10-19(13(2)17(20)21)18(22)16-9-6-12-24-16/h4-9,12-13H,3,10-11H2,1-2H3. The molecule has 0 bridgehead atoms. The summed E-state index contributed by atoms with van der Waals surface area (Å²) >= 11 is 0. The van der Waals surface area contributed by atoms with Gasteiger partial charge in [0.25, 0.3) is 5.91 Å². The van der Waals surface area contributed by atoms with Crippen molar-refractivity contribution < 1.29 is 18.7 Å². The molecule has 2 aromatic rings. The van der Waals surface area contributed by atoms with E-state index < -0.39 is 6.04 Å². The van der Waals surface area contributed by atoms with E-state index in [1.54, 1.807) is 28.9 Å². The Bertz CT molecular complexity index is 726. The first-order valence-corrected chi connectivity index (χ1v) is 8.01. The fourth-order valence-electron chi connectivity index (χ4n) is 2.89. The Morgan fingerprint density at radius 1 is 1.25 bits per heavy atom. The lowest BCUT2D eigenvalue weighted by molar-refractivity contribution is -0.124. The maximum atomic E-state index is 12.8. The molecule has 0 spiro atoms. The Hall–Kier alpha value is -2.76. The molecule has 3 rings (SSSR count). The van der Waals surface area contributed by atoms with E-state index in [2.05, 4.69) is 0 Å². The van der Waals surface area contributed by atoms with Crippen LogP contribution in [0.1, 0.15) is 24.4 Å². The van der Waals surface area contributed by atoms with Crippen LogP contribution in [0.3, 0.4) is 0 Å². The zero-order chi connectivity index (χ0) is 17.1. The van der Waals surface area contributed by atoms with Gasteiger partial charge in [0, 0.05) is 13.1 Å². The minimum absolute atomic E-state index is 0.131. The Kier molecular flexibility index (Phi) is 4.55. The molecule has 2 amide bonds. The van der Waals surface area contributed by atoms with Crippen LogP contribution < -0.4 is 9.64 Å². The number of benzene rings is 1. The van der Waals surface area contributed by atoms with Crippen molar-refractivity contribution >= 4 is 17.5 Å². The van der Waals surface area contributed by atoms with Crippen molar-refractivity contribution in [2.75, 3.05) is 24.6 Å². The number of furan rings is 1. The van der Waals surface area contributed by atoms with Gasteiger partial charge in [-0.2, -0.15) is 0 Å². The Morgan fingerprint density at radius 3 is 2.75 bits per heavy atom. The lowest BCUT2D eigenvalue weighted by atomic mass is 10.1. The molecular weight excluding hydrogens is 308 g/mol. The first-order valence-electron chi connectivity index (χ1n) is 8.01. The van der Waals surface area contributed by atoms with E-state index in [1.165, 1.54) is 6.26 Å². The molecular formula is C18H20N2O4. The highest BCUT2D eigenvalue weighted by Crippen LogP contribution is 2.30. The number of ether oxygens (including phenoxy) is 1. The summed E-state index contributed by atoms with van der Waals surface area (Å²) < 4.78 is 10.8. The summed E-state index contributed by atoms with van der Waals surface area (Å²) in [5.74, 6) is 0.524. The number of anilines is 1. The molecule has 1 aliphatic rings. The predicted molar refractivity (Wildman–Crippen MR) is 89.2 cm³/mol. The molecule has 1 aliphatic heterocycles. The molecule has 1 aromatic carbocycles. The van der Waals surface area contributed by atoms with Crippen LogP contribution in [0.2, 0.25) is 0 Å². The van der Waals surface area contributed by atoms with E-state index in [4.69, 9.17) is 9.15 Å². The van der Waals surface area contributed by atoms with Crippen molar-refractivity contribution in [2.45, 2.75) is 19.9 Å². The maximum absolute atomic E-state index is 12.8. The van der Waals surface area contributed by atoms with Gasteiger partial charge in [-0.15, -0.1) is 0 Å². The van der Waals surface area contributed by atoms with Crippen LogP contribution in [0.25, 0.3) is 0 Å². The molecule has 0 saturated carbocycles. The lowest BCUT2D eigenvalue weighted by Crippen LogP contribution is -2.57. The molecule has 1 saturated heterocycles. The average molecular weight is 328 g/mol. The molecule has 1 atom stereocenters. The number of para-hydroxylation sites is 2. The quantitative estimate of drug-likeness (QED) is 0.865. The lowest BCUT2D eigenvalue weighted by Gasteiger charge is -2.39. The largest absolute Gasteiger partial charge is 0.492 e. The molecule has 1 fully saturated rings. The maximum Gasteiger partial charge on any atom is 0.290 e. The zero-order valence-corrected chi connectivity index (χ0v) is 13.8. The van der Waals surface area contributed by atoms with Crippen LogP contribution in [-0.4, -0.2) is 42.5 Å². The molecule has 0 aliphatic carbocycles. The summed E-state index contributed by atoms with van der Waals surface area (Å²) in [6.07, 6.45) is 1.45. The SMILES string of the molecule is CCOc1ccccc1N1CCN(C(=O)c2ccco2)C(C)C1=O. The van der Waals surface area contributed by atoms with E-state index >= 15 is 0 Å². The highest BCUT2D eigenvalue weighted by atomic mass is 16.5. The van der Waals surface area contributed by atoms with Gasteiger partial charge in [0.1, 0.15) is 11.8 Å². The molecule has 0 N–H and O–H groups in total. The van der Waals surface area contributed by atoms with Crippen molar-refractivity contribution in [3.63, 3.8) is 0 Å². The second kappa shape index (κ2) is 6.78. The van der Waals surface area contributed by atoms with Crippen LogP contribution in [0, 0.1) is 0 Å². The van der Waals surface area contributed by atoms with E-state index in [1.807, 2.05) is 31.2 Å². The number of carbonyl (C=O) groups is 2. The highest BCUT2D eigenvalue weighted by Gasteiger charge is 2.36. The van der Waals surface area contributed by atoms with Crippen LogP contribution in [-0.2, 0) is 4.79 Å². The Morgan fingerprint density at radius 2 is 2.04 bits per heavy atom. The van der Waals surface area contributed by atoms with Crippen molar-refractivity contribution in [1.82, 2.24) is 4.90 Å². The summed E-state index contributed by atoms with van der Waals surface area (Å²) in [5, 5.41) is 0. The van der Waals surface area contributed by atoms with E-state index in [-0.39, 0.29) is 17.6 Å². The monoisotopic (exact) mass is 328 g/mol. The van der Waals surface area contributed by atoms with Gasteiger partial charge in [-0.1, -0.05) is 12.1 Å². The van der Waals surface area contributed by atoms with Gasteiger partial charge >= 0.3 is 0 Å². The van der Waals surface area contributed by atoms with Crippen LogP contribution >= 0.6 is 0 Å². The van der Waals surface area contributed by atoms with E-state index in [0.717, 1.165) is 5.69 Å². The number of hydrogen-bond acceptors (Lipinski definition) is 4. The number of carbonyl (C=O) groups excluding carboxylic acids is 2. The Labute approximate surface area is 140 Å². The first kappa shape index (κ1) is 16.1. The third-order valence-electron chi connectivity index (χ3n) is 4.10. The topological polar surface area (TPSA) is 63.0 Å². The fourth-order valence-corrected chi connectivity index (χ4v) is 2.89. The summed E-state index contributed by atoms with van der Waals surface area (Å²) in [7, 11) is 0. The molecule has 0 radical (unpaired) electrons. The van der Waals surface area contributed by atoms with Crippen LogP contribution in [0.4, 0.5) is 5.69 Å². The second-order valence-corrected chi connectivity index (χ2v) is 5.54. The number of hydrogen-bond donors (Lipinski definition) is 0. The van der Waals surface area contributed by atoms with Crippen LogP contribution in [0.15, 0.2) is 47.1 Å². The van der Waals surface area contributed by atoms with Gasteiger partial charge in [-0.3, -0.25) is 9.59 Å². The number of amides is 2. The van der Waals surface area contributed by atoms with Gasteiger partial charge in [-0.05, 0) is 38.1 Å². The summed E-state index contributed by atoms with van der Waals surface area (Å²) in [6, 6.07) is 10.2. The number of piperazine rings is 1. The molecule has 2 heterocycles. The molecule has 1 unspecified atom stereocenters. The summed E-state index contributed by atoms with van der Waals surface area (Å²) in [5.41, 5.74) is 0.737. The second-order valence-electron chi connectivity index (χ2n) is 5.54. The number of rotatable bonds is 4. The van der Waals surface area contributed by atoms with Gasteiger partial charge in [0.15, 0.2) is 5.76 Å². The number of nitrogens with zero attached hydrogens (tertiary/aromatic N) is 2. The average Bonchev–Trinajstić information content (AvgIpc) is 3.12. The smallest absolute Gasteiger partial charge is 0.290 e. The van der Waals surface area contributed by atoms with Crippen molar-refractivity contribution in [3.8, 4) is 5.75 Å². The normalized spacial score (nSPS) is 17.9. The predicted octanol–water partition coefficient (Wildman–Crippen LogP) is 2.56.